The summed E-state index contributed by atoms with van der Waals surface area (Å²) in [5.74, 6) is 0.425. The third kappa shape index (κ3) is 4.66. The number of likely N-dealkylation sites (N-methyl/N-ethyl adjacent to an activating group) is 1. The summed E-state index contributed by atoms with van der Waals surface area (Å²) in [4.78, 5) is 21.7. The minimum atomic E-state index is 0.0393. The van der Waals surface area contributed by atoms with E-state index in [-0.39, 0.29) is 5.91 Å². The van der Waals surface area contributed by atoms with Gasteiger partial charge in [0.2, 0.25) is 5.91 Å². The fourth-order valence-electron chi connectivity index (χ4n) is 3.30. The SMILES string of the molecule is CN1CCN(c2ccccc2CNC(=O)CSc2nc3ccccc3s2)CC1. The molecule has 0 unspecified atom stereocenters. The second-order valence-electron chi connectivity index (χ2n) is 6.93. The molecule has 0 bridgehead atoms. The molecule has 1 amide bonds. The van der Waals surface area contributed by atoms with Crippen LogP contribution in [0.15, 0.2) is 52.9 Å². The number of carbonyl (C=O) groups is 1. The number of hydrogen-bond acceptors (Lipinski definition) is 6. The number of hydrogen-bond donors (Lipinski definition) is 1. The van der Waals surface area contributed by atoms with Crippen LogP contribution >= 0.6 is 23.1 Å². The number of anilines is 1. The predicted octanol–water partition coefficient (Wildman–Crippen LogP) is 3.46. The Kier molecular flexibility index (Phi) is 6.14. The maximum atomic E-state index is 12.4. The lowest BCUT2D eigenvalue weighted by atomic mass is 10.1. The van der Waals surface area contributed by atoms with E-state index in [9.17, 15) is 4.79 Å². The summed E-state index contributed by atoms with van der Waals surface area (Å²) in [7, 11) is 2.16. The molecule has 146 valence electrons. The van der Waals surface area contributed by atoms with Crippen molar-refractivity contribution in [3.8, 4) is 0 Å². The number of nitrogens with one attached hydrogen (secondary N) is 1. The van der Waals surface area contributed by atoms with Gasteiger partial charge in [0.1, 0.15) is 0 Å². The molecule has 1 saturated heterocycles. The Morgan fingerprint density at radius 1 is 1.11 bits per heavy atom. The molecule has 1 aliphatic rings. The molecule has 0 spiro atoms. The molecule has 0 saturated carbocycles. The van der Waals surface area contributed by atoms with E-state index in [1.54, 1.807) is 11.3 Å². The van der Waals surface area contributed by atoms with E-state index in [2.05, 4.69) is 51.4 Å². The highest BCUT2D eigenvalue weighted by Crippen LogP contribution is 2.29. The van der Waals surface area contributed by atoms with Gasteiger partial charge in [0.25, 0.3) is 0 Å². The summed E-state index contributed by atoms with van der Waals surface area (Å²) in [6, 6.07) is 16.4. The minimum Gasteiger partial charge on any atom is -0.369 e. The van der Waals surface area contributed by atoms with E-state index in [1.807, 2.05) is 24.3 Å². The fraction of sp³-hybridized carbons (Fsp3) is 0.333. The molecule has 0 atom stereocenters. The number of thioether (sulfide) groups is 1. The number of rotatable bonds is 6. The van der Waals surface area contributed by atoms with Crippen molar-refractivity contribution in [2.24, 2.45) is 0 Å². The van der Waals surface area contributed by atoms with Crippen LogP contribution in [0.3, 0.4) is 0 Å². The number of piperazine rings is 1. The van der Waals surface area contributed by atoms with Gasteiger partial charge in [0.15, 0.2) is 4.34 Å². The first-order chi connectivity index (χ1) is 13.7. The maximum Gasteiger partial charge on any atom is 0.230 e. The van der Waals surface area contributed by atoms with Crippen LogP contribution in [0, 0.1) is 0 Å². The molecule has 1 aromatic heterocycles. The predicted molar refractivity (Wildman–Crippen MR) is 118 cm³/mol. The quantitative estimate of drug-likeness (QED) is 0.629. The summed E-state index contributed by atoms with van der Waals surface area (Å²) in [6.07, 6.45) is 0. The van der Waals surface area contributed by atoms with Crippen molar-refractivity contribution in [1.29, 1.82) is 0 Å². The van der Waals surface area contributed by atoms with E-state index < -0.39 is 0 Å². The van der Waals surface area contributed by atoms with Gasteiger partial charge in [-0.1, -0.05) is 42.1 Å². The first-order valence-electron chi connectivity index (χ1n) is 9.45. The highest BCUT2D eigenvalue weighted by Gasteiger charge is 2.17. The maximum absolute atomic E-state index is 12.4. The summed E-state index contributed by atoms with van der Waals surface area (Å²) < 4.78 is 2.10. The second kappa shape index (κ2) is 8.94. The molecule has 2 heterocycles. The van der Waals surface area contributed by atoms with Crippen LogP contribution in [0.2, 0.25) is 0 Å². The highest BCUT2D eigenvalue weighted by molar-refractivity contribution is 8.01. The normalized spacial score (nSPS) is 15.1. The number of amides is 1. The van der Waals surface area contributed by atoms with Crippen molar-refractivity contribution in [1.82, 2.24) is 15.2 Å². The lowest BCUT2D eigenvalue weighted by molar-refractivity contribution is -0.118. The van der Waals surface area contributed by atoms with E-state index in [1.165, 1.54) is 23.0 Å². The Balaban J connectivity index is 1.32. The third-order valence-corrected chi connectivity index (χ3v) is 7.09. The average molecular weight is 413 g/mol. The molecule has 28 heavy (non-hydrogen) atoms. The van der Waals surface area contributed by atoms with Crippen molar-refractivity contribution in [3.63, 3.8) is 0 Å². The zero-order valence-electron chi connectivity index (χ0n) is 15.9. The summed E-state index contributed by atoms with van der Waals surface area (Å²) in [6.45, 7) is 4.74. The Hall–Kier alpha value is -2.09. The number of benzene rings is 2. The standard InChI is InChI=1S/C21H24N4OS2/c1-24-10-12-25(13-11-24)18-8-4-2-6-16(18)14-22-20(26)15-27-21-23-17-7-3-5-9-19(17)28-21/h2-9H,10-15H2,1H3,(H,22,26). The van der Waals surface area contributed by atoms with E-state index in [0.29, 0.717) is 12.3 Å². The minimum absolute atomic E-state index is 0.0393. The van der Waals surface area contributed by atoms with Gasteiger partial charge in [0.05, 0.1) is 16.0 Å². The fourth-order valence-corrected chi connectivity index (χ4v) is 5.20. The molecular weight excluding hydrogens is 388 g/mol. The molecule has 2 aromatic carbocycles. The van der Waals surface area contributed by atoms with Crippen molar-refractivity contribution in [2.45, 2.75) is 10.9 Å². The van der Waals surface area contributed by atoms with Crippen molar-refractivity contribution < 1.29 is 4.79 Å². The Labute approximate surface area is 173 Å². The largest absolute Gasteiger partial charge is 0.369 e. The van der Waals surface area contributed by atoms with Gasteiger partial charge in [-0.15, -0.1) is 11.3 Å². The molecule has 4 rings (SSSR count). The van der Waals surface area contributed by atoms with E-state index in [0.717, 1.165) is 40.7 Å². The average Bonchev–Trinajstić information content (AvgIpc) is 3.15. The topological polar surface area (TPSA) is 48.5 Å². The van der Waals surface area contributed by atoms with Gasteiger partial charge in [-0.3, -0.25) is 4.79 Å². The van der Waals surface area contributed by atoms with Crippen molar-refractivity contribution in [3.05, 3.63) is 54.1 Å². The molecule has 0 radical (unpaired) electrons. The van der Waals surface area contributed by atoms with Gasteiger partial charge < -0.3 is 15.1 Å². The van der Waals surface area contributed by atoms with Crippen LogP contribution in [0.1, 0.15) is 5.56 Å². The van der Waals surface area contributed by atoms with Crippen LogP contribution in [-0.2, 0) is 11.3 Å². The number of thiazole rings is 1. The van der Waals surface area contributed by atoms with Crippen molar-refractivity contribution in [2.75, 3.05) is 43.9 Å². The zero-order valence-corrected chi connectivity index (χ0v) is 17.6. The van der Waals surface area contributed by atoms with Crippen LogP contribution in [0.25, 0.3) is 10.2 Å². The van der Waals surface area contributed by atoms with Gasteiger partial charge in [-0.05, 0) is 30.8 Å². The molecular formula is C21H24N4OS2. The molecule has 1 N–H and O–H groups in total. The number of nitrogens with zero attached hydrogens (tertiary/aromatic N) is 3. The number of aromatic nitrogens is 1. The Bertz CT molecular complexity index is 917. The smallest absolute Gasteiger partial charge is 0.230 e. The second-order valence-corrected chi connectivity index (χ2v) is 9.19. The molecule has 0 aliphatic carbocycles. The number of para-hydroxylation sites is 2. The summed E-state index contributed by atoms with van der Waals surface area (Å²) in [5.41, 5.74) is 3.40. The lowest BCUT2D eigenvalue weighted by Crippen LogP contribution is -2.45. The molecule has 5 nitrogen and oxygen atoms in total. The van der Waals surface area contributed by atoms with Gasteiger partial charge >= 0.3 is 0 Å². The molecule has 3 aromatic rings. The van der Waals surface area contributed by atoms with Crippen LogP contribution < -0.4 is 10.2 Å². The van der Waals surface area contributed by atoms with Crippen molar-refractivity contribution >= 4 is 44.9 Å². The Morgan fingerprint density at radius 3 is 2.68 bits per heavy atom. The van der Waals surface area contributed by atoms with E-state index in [4.69, 9.17) is 0 Å². The number of carbonyl (C=O) groups excluding carboxylic acids is 1. The number of fused-ring (bicyclic) bond motifs is 1. The molecule has 1 aliphatic heterocycles. The molecule has 1 fully saturated rings. The van der Waals surface area contributed by atoms with Gasteiger partial charge in [0, 0.05) is 38.4 Å². The van der Waals surface area contributed by atoms with Crippen LogP contribution in [0.5, 0.6) is 0 Å². The summed E-state index contributed by atoms with van der Waals surface area (Å²) >= 11 is 3.14. The highest BCUT2D eigenvalue weighted by atomic mass is 32.2. The summed E-state index contributed by atoms with van der Waals surface area (Å²) in [5, 5.41) is 3.07. The lowest BCUT2D eigenvalue weighted by Gasteiger charge is -2.35. The zero-order chi connectivity index (χ0) is 19.3. The van der Waals surface area contributed by atoms with Crippen LogP contribution in [-0.4, -0.2) is 54.8 Å². The van der Waals surface area contributed by atoms with Gasteiger partial charge in [-0.2, -0.15) is 0 Å². The molecule has 7 heteroatoms. The van der Waals surface area contributed by atoms with E-state index >= 15 is 0 Å². The third-order valence-electron chi connectivity index (χ3n) is 4.91. The monoisotopic (exact) mass is 412 g/mol. The first kappa shape index (κ1) is 19.2. The van der Waals surface area contributed by atoms with Crippen LogP contribution in [0.4, 0.5) is 5.69 Å². The van der Waals surface area contributed by atoms with Gasteiger partial charge in [-0.25, -0.2) is 4.98 Å². The Morgan fingerprint density at radius 2 is 1.86 bits per heavy atom. The first-order valence-corrected chi connectivity index (χ1v) is 11.3.